The smallest absolute Gasteiger partial charge is 0.224 e. The van der Waals surface area contributed by atoms with Gasteiger partial charge in [0.15, 0.2) is 5.96 Å². The largest absolute Gasteiger partial charge is 0.370 e. The second kappa shape index (κ2) is 11.7. The number of aliphatic imine (C=N–C) groups is 1. The number of hydrogen-bond donors (Lipinski definition) is 1. The Kier molecular flexibility index (Phi) is 9.68. The third-order valence-corrected chi connectivity index (χ3v) is 5.52. The zero-order valence-corrected chi connectivity index (χ0v) is 20.3. The van der Waals surface area contributed by atoms with Crippen molar-refractivity contribution in [3.63, 3.8) is 0 Å². The lowest BCUT2D eigenvalue weighted by Gasteiger charge is -2.36. The van der Waals surface area contributed by atoms with Crippen molar-refractivity contribution in [2.45, 2.75) is 46.1 Å². The number of nitrogens with zero attached hydrogens (tertiary/aromatic N) is 3. The molecule has 162 valence electrons. The Morgan fingerprint density at radius 1 is 1.21 bits per heavy atom. The van der Waals surface area contributed by atoms with Gasteiger partial charge in [0.1, 0.15) is 6.10 Å². The number of amides is 1. The summed E-state index contributed by atoms with van der Waals surface area (Å²) in [5.41, 5.74) is 3.78. The molecule has 29 heavy (non-hydrogen) atoms. The van der Waals surface area contributed by atoms with E-state index in [1.54, 1.807) is 0 Å². The van der Waals surface area contributed by atoms with Gasteiger partial charge in [-0.15, -0.1) is 24.0 Å². The molecule has 2 heterocycles. The molecule has 0 bridgehead atoms. The Hall–Kier alpha value is -1.35. The summed E-state index contributed by atoms with van der Waals surface area (Å²) < 4.78 is 6.07. The average Bonchev–Trinajstić information content (AvgIpc) is 3.22. The van der Waals surface area contributed by atoms with Crippen molar-refractivity contribution in [1.82, 2.24) is 15.1 Å². The van der Waals surface area contributed by atoms with Gasteiger partial charge in [-0.2, -0.15) is 0 Å². The molecule has 0 saturated carbocycles. The van der Waals surface area contributed by atoms with Crippen LogP contribution in [-0.4, -0.2) is 67.5 Å². The Labute approximate surface area is 192 Å². The van der Waals surface area contributed by atoms with Gasteiger partial charge in [0.05, 0.1) is 19.7 Å². The molecular weight excluding hydrogens is 479 g/mol. The van der Waals surface area contributed by atoms with Gasteiger partial charge in [-0.1, -0.05) is 23.8 Å². The van der Waals surface area contributed by atoms with Crippen molar-refractivity contribution in [1.29, 1.82) is 0 Å². The highest BCUT2D eigenvalue weighted by Gasteiger charge is 2.25. The first-order chi connectivity index (χ1) is 13.6. The molecule has 6 nitrogen and oxygen atoms in total. The highest BCUT2D eigenvalue weighted by Crippen LogP contribution is 2.26. The zero-order chi connectivity index (χ0) is 19.9. The Bertz CT molecular complexity index is 704. The van der Waals surface area contributed by atoms with E-state index >= 15 is 0 Å². The minimum atomic E-state index is 0. The van der Waals surface area contributed by atoms with E-state index in [2.05, 4.69) is 49.2 Å². The summed E-state index contributed by atoms with van der Waals surface area (Å²) >= 11 is 0. The molecule has 2 aliphatic rings. The maximum Gasteiger partial charge on any atom is 0.224 e. The van der Waals surface area contributed by atoms with Gasteiger partial charge in [-0.25, -0.2) is 0 Å². The van der Waals surface area contributed by atoms with Crippen molar-refractivity contribution in [2.24, 2.45) is 4.99 Å². The van der Waals surface area contributed by atoms with Gasteiger partial charge >= 0.3 is 0 Å². The topological polar surface area (TPSA) is 57.2 Å². The fraction of sp³-hybridized carbons (Fsp3) is 0.636. The first-order valence-corrected chi connectivity index (χ1v) is 10.6. The molecule has 0 radical (unpaired) electrons. The number of benzene rings is 1. The zero-order valence-electron chi connectivity index (χ0n) is 17.9. The van der Waals surface area contributed by atoms with Crippen LogP contribution in [0.4, 0.5) is 0 Å². The van der Waals surface area contributed by atoms with Gasteiger partial charge < -0.3 is 19.9 Å². The average molecular weight is 514 g/mol. The minimum Gasteiger partial charge on any atom is -0.370 e. The van der Waals surface area contributed by atoms with E-state index in [1.807, 2.05) is 4.90 Å². The minimum absolute atomic E-state index is 0. The number of carbonyl (C=O) groups is 1. The molecule has 0 spiro atoms. The number of morpholine rings is 1. The molecule has 1 amide bonds. The molecule has 1 aromatic rings. The van der Waals surface area contributed by atoms with Crippen molar-refractivity contribution in [3.8, 4) is 0 Å². The summed E-state index contributed by atoms with van der Waals surface area (Å²) in [4.78, 5) is 21.2. The lowest BCUT2D eigenvalue weighted by Crippen LogP contribution is -2.48. The molecule has 2 aliphatic heterocycles. The van der Waals surface area contributed by atoms with Crippen LogP contribution in [0.3, 0.4) is 0 Å². The number of halogens is 1. The summed E-state index contributed by atoms with van der Waals surface area (Å²) in [5, 5.41) is 3.39. The van der Waals surface area contributed by atoms with Crippen molar-refractivity contribution in [2.75, 3.05) is 45.9 Å². The van der Waals surface area contributed by atoms with Crippen LogP contribution in [0.2, 0.25) is 0 Å². The molecular formula is C22H35IN4O2. The van der Waals surface area contributed by atoms with Crippen LogP contribution in [0, 0.1) is 13.8 Å². The molecule has 0 aromatic heterocycles. The third kappa shape index (κ3) is 6.57. The quantitative estimate of drug-likeness (QED) is 0.373. The molecule has 1 N–H and O–H groups in total. The summed E-state index contributed by atoms with van der Waals surface area (Å²) in [6.07, 6.45) is 2.79. The van der Waals surface area contributed by atoms with E-state index in [0.717, 1.165) is 51.5 Å². The lowest BCUT2D eigenvalue weighted by molar-refractivity contribution is -0.129. The van der Waals surface area contributed by atoms with E-state index in [9.17, 15) is 4.79 Å². The maximum atomic E-state index is 12.3. The van der Waals surface area contributed by atoms with Gasteiger partial charge in [0.25, 0.3) is 0 Å². The standard InChI is InChI=1S/C22H34N4O2.HI/c1-4-23-22(24-10-9-21(27)25-11-5-6-12-25)26-13-14-28-20(16-26)19-8-7-17(2)15-18(19)3;/h7-8,15,20H,4-6,9-14,16H2,1-3H3,(H,23,24);1H. The van der Waals surface area contributed by atoms with Gasteiger partial charge in [0, 0.05) is 32.6 Å². The van der Waals surface area contributed by atoms with Crippen molar-refractivity contribution in [3.05, 3.63) is 34.9 Å². The van der Waals surface area contributed by atoms with Crippen molar-refractivity contribution < 1.29 is 9.53 Å². The highest BCUT2D eigenvalue weighted by molar-refractivity contribution is 14.0. The number of ether oxygens (including phenoxy) is 1. The SMILES string of the molecule is CCNC(=NCCC(=O)N1CCCC1)N1CCOC(c2ccc(C)cc2C)C1.I. The first kappa shape index (κ1) is 23.9. The molecule has 2 saturated heterocycles. The summed E-state index contributed by atoms with van der Waals surface area (Å²) in [7, 11) is 0. The number of hydrogen-bond acceptors (Lipinski definition) is 3. The second-order valence-corrected chi connectivity index (χ2v) is 7.74. The van der Waals surface area contributed by atoms with E-state index < -0.39 is 0 Å². The van der Waals surface area contributed by atoms with Crippen LogP contribution in [0.5, 0.6) is 0 Å². The Balaban J connectivity index is 0.00000300. The van der Waals surface area contributed by atoms with E-state index in [-0.39, 0.29) is 36.0 Å². The van der Waals surface area contributed by atoms with Crippen LogP contribution in [0.15, 0.2) is 23.2 Å². The number of likely N-dealkylation sites (tertiary alicyclic amines) is 1. The normalized spacial score (nSPS) is 19.8. The van der Waals surface area contributed by atoms with Crippen LogP contribution < -0.4 is 5.32 Å². The molecule has 3 rings (SSSR count). The number of rotatable bonds is 5. The summed E-state index contributed by atoms with van der Waals surface area (Å²) in [6.45, 7) is 11.8. The van der Waals surface area contributed by atoms with Gasteiger partial charge in [0.2, 0.25) is 5.91 Å². The van der Waals surface area contributed by atoms with Crippen LogP contribution in [0.1, 0.15) is 49.0 Å². The molecule has 7 heteroatoms. The maximum absolute atomic E-state index is 12.3. The highest BCUT2D eigenvalue weighted by atomic mass is 127. The Morgan fingerprint density at radius 3 is 2.66 bits per heavy atom. The molecule has 1 aromatic carbocycles. The summed E-state index contributed by atoms with van der Waals surface area (Å²) in [6, 6.07) is 6.53. The molecule has 0 aliphatic carbocycles. The molecule has 1 atom stereocenters. The van der Waals surface area contributed by atoms with Gasteiger partial charge in [-0.3, -0.25) is 9.79 Å². The van der Waals surface area contributed by atoms with E-state index in [4.69, 9.17) is 9.73 Å². The van der Waals surface area contributed by atoms with Crippen LogP contribution >= 0.6 is 24.0 Å². The number of carbonyl (C=O) groups excluding carboxylic acids is 1. The fourth-order valence-electron chi connectivity index (χ4n) is 4.02. The Morgan fingerprint density at radius 2 is 1.97 bits per heavy atom. The molecule has 2 fully saturated rings. The van der Waals surface area contributed by atoms with Crippen LogP contribution in [-0.2, 0) is 9.53 Å². The summed E-state index contributed by atoms with van der Waals surface area (Å²) in [5.74, 6) is 1.11. The number of guanidine groups is 1. The van der Waals surface area contributed by atoms with E-state index in [0.29, 0.717) is 19.6 Å². The third-order valence-electron chi connectivity index (χ3n) is 5.52. The predicted octanol–water partition coefficient (Wildman–Crippen LogP) is 3.27. The molecule has 1 unspecified atom stereocenters. The number of aryl methyl sites for hydroxylation is 2. The first-order valence-electron chi connectivity index (χ1n) is 10.6. The van der Waals surface area contributed by atoms with Gasteiger partial charge in [-0.05, 0) is 44.7 Å². The van der Waals surface area contributed by atoms with Crippen molar-refractivity contribution >= 4 is 35.8 Å². The second-order valence-electron chi connectivity index (χ2n) is 7.74. The fourth-order valence-corrected chi connectivity index (χ4v) is 4.02. The number of nitrogens with one attached hydrogen (secondary N) is 1. The van der Waals surface area contributed by atoms with Crippen LogP contribution in [0.25, 0.3) is 0 Å². The lowest BCUT2D eigenvalue weighted by atomic mass is 10.00. The monoisotopic (exact) mass is 514 g/mol. The van der Waals surface area contributed by atoms with E-state index in [1.165, 1.54) is 16.7 Å². The predicted molar refractivity (Wildman–Crippen MR) is 128 cm³/mol.